The molecule has 86 valence electrons. The van der Waals surface area contributed by atoms with Crippen molar-refractivity contribution in [2.75, 3.05) is 6.54 Å². The summed E-state index contributed by atoms with van der Waals surface area (Å²) < 4.78 is 1.83. The predicted octanol–water partition coefficient (Wildman–Crippen LogP) is 3.25. The predicted molar refractivity (Wildman–Crippen MR) is 70.9 cm³/mol. The van der Waals surface area contributed by atoms with Crippen molar-refractivity contribution in [3.8, 4) is 0 Å². The second-order valence-corrected chi connectivity index (χ2v) is 5.23. The fourth-order valence-corrected chi connectivity index (χ4v) is 3.11. The molecule has 1 heterocycles. The lowest BCUT2D eigenvalue weighted by atomic mass is 10.0. The van der Waals surface area contributed by atoms with Crippen molar-refractivity contribution < 1.29 is 4.79 Å². The molecule has 0 atom stereocenters. The molecule has 0 N–H and O–H groups in total. The molecule has 0 saturated heterocycles. The van der Waals surface area contributed by atoms with Gasteiger partial charge in [0, 0.05) is 11.4 Å². The first kappa shape index (κ1) is 10.7. The van der Waals surface area contributed by atoms with E-state index in [9.17, 15) is 4.79 Å². The van der Waals surface area contributed by atoms with Gasteiger partial charge in [-0.15, -0.1) is 0 Å². The number of hydrogen-bond donors (Lipinski definition) is 0. The number of amides is 1. The first-order valence-corrected chi connectivity index (χ1v) is 6.55. The van der Waals surface area contributed by atoms with Gasteiger partial charge in [0.05, 0.1) is 6.42 Å². The van der Waals surface area contributed by atoms with Crippen LogP contribution in [0.15, 0.2) is 41.3 Å². The van der Waals surface area contributed by atoms with Gasteiger partial charge in [0.2, 0.25) is 5.91 Å². The Hall–Kier alpha value is -1.48. The number of benzene rings is 2. The summed E-state index contributed by atoms with van der Waals surface area (Å²) >= 11 is 1.56. The first-order chi connectivity index (χ1) is 8.28. The third-order valence-corrected chi connectivity index (χ3v) is 4.30. The highest BCUT2D eigenvalue weighted by atomic mass is 32.2. The smallest absolute Gasteiger partial charge is 0.237 e. The van der Waals surface area contributed by atoms with Crippen molar-refractivity contribution in [1.29, 1.82) is 0 Å². The molecule has 1 aliphatic heterocycles. The highest BCUT2D eigenvalue weighted by Gasteiger charge is 2.23. The van der Waals surface area contributed by atoms with E-state index in [4.69, 9.17) is 0 Å². The van der Waals surface area contributed by atoms with Crippen molar-refractivity contribution in [2.24, 2.45) is 0 Å². The van der Waals surface area contributed by atoms with Crippen molar-refractivity contribution in [1.82, 2.24) is 4.31 Å². The zero-order chi connectivity index (χ0) is 11.8. The second kappa shape index (κ2) is 4.08. The van der Waals surface area contributed by atoms with Crippen LogP contribution in [0.3, 0.4) is 0 Å². The van der Waals surface area contributed by atoms with Crippen LogP contribution in [0.2, 0.25) is 0 Å². The topological polar surface area (TPSA) is 20.3 Å². The Balaban J connectivity index is 2.13. The number of carbonyl (C=O) groups is 1. The van der Waals surface area contributed by atoms with E-state index in [1.54, 1.807) is 11.9 Å². The Morgan fingerprint density at radius 2 is 1.94 bits per heavy atom. The molecule has 0 spiro atoms. The Bertz CT molecular complexity index is 594. The Kier molecular flexibility index (Phi) is 2.56. The van der Waals surface area contributed by atoms with E-state index in [-0.39, 0.29) is 5.91 Å². The highest BCUT2D eigenvalue weighted by Crippen LogP contribution is 2.34. The molecule has 2 nitrogen and oxygen atoms in total. The van der Waals surface area contributed by atoms with Crippen LogP contribution in [-0.4, -0.2) is 16.8 Å². The largest absolute Gasteiger partial charge is 0.282 e. The van der Waals surface area contributed by atoms with Gasteiger partial charge >= 0.3 is 0 Å². The summed E-state index contributed by atoms with van der Waals surface area (Å²) in [6.45, 7) is 2.77. The summed E-state index contributed by atoms with van der Waals surface area (Å²) in [6, 6.07) is 12.6. The quantitative estimate of drug-likeness (QED) is 0.717. The van der Waals surface area contributed by atoms with Gasteiger partial charge in [-0.1, -0.05) is 24.3 Å². The standard InChI is InChI=1S/C14H13NOS/c1-2-15-14(16)9-12-7-10-5-3-4-6-11(10)8-13(12)17-15/h3-8H,2,9H2,1H3. The third kappa shape index (κ3) is 1.80. The third-order valence-electron chi connectivity index (χ3n) is 3.04. The number of likely N-dealkylation sites (N-methyl/N-ethyl adjacent to an activating group) is 1. The van der Waals surface area contributed by atoms with Gasteiger partial charge in [0.1, 0.15) is 0 Å². The average Bonchev–Trinajstić information content (AvgIpc) is 2.35. The van der Waals surface area contributed by atoms with E-state index < -0.39 is 0 Å². The molecule has 2 aromatic carbocycles. The second-order valence-electron chi connectivity index (χ2n) is 4.16. The van der Waals surface area contributed by atoms with Gasteiger partial charge in [0.25, 0.3) is 0 Å². The molecule has 0 saturated carbocycles. The summed E-state index contributed by atoms with van der Waals surface area (Å²) in [4.78, 5) is 13.0. The summed E-state index contributed by atoms with van der Waals surface area (Å²) in [5.41, 5.74) is 1.16. The number of hydrogen-bond acceptors (Lipinski definition) is 2. The minimum Gasteiger partial charge on any atom is -0.282 e. The molecule has 1 aliphatic rings. The molecule has 0 bridgehead atoms. The fraction of sp³-hybridized carbons (Fsp3) is 0.214. The molecule has 0 unspecified atom stereocenters. The number of carbonyl (C=O) groups excluding carboxylic acids is 1. The van der Waals surface area contributed by atoms with Gasteiger partial charge in [-0.25, -0.2) is 0 Å². The lowest BCUT2D eigenvalue weighted by Gasteiger charge is -2.26. The number of fused-ring (bicyclic) bond motifs is 2. The zero-order valence-electron chi connectivity index (χ0n) is 9.64. The Morgan fingerprint density at radius 1 is 1.24 bits per heavy atom. The van der Waals surface area contributed by atoms with Crippen LogP contribution in [0.1, 0.15) is 12.5 Å². The van der Waals surface area contributed by atoms with Crippen molar-refractivity contribution >= 4 is 28.6 Å². The number of nitrogens with zero attached hydrogens (tertiary/aromatic N) is 1. The molecule has 0 aliphatic carbocycles. The normalized spacial score (nSPS) is 15.1. The van der Waals surface area contributed by atoms with Crippen molar-refractivity contribution in [3.05, 3.63) is 42.0 Å². The lowest BCUT2D eigenvalue weighted by Crippen LogP contribution is -2.29. The molecule has 0 fully saturated rings. The Morgan fingerprint density at radius 3 is 2.65 bits per heavy atom. The maximum absolute atomic E-state index is 11.8. The maximum Gasteiger partial charge on any atom is 0.237 e. The first-order valence-electron chi connectivity index (χ1n) is 5.78. The average molecular weight is 243 g/mol. The molecule has 17 heavy (non-hydrogen) atoms. The van der Waals surface area contributed by atoms with Crippen molar-refractivity contribution in [3.63, 3.8) is 0 Å². The van der Waals surface area contributed by atoms with E-state index in [2.05, 4.69) is 24.3 Å². The van der Waals surface area contributed by atoms with Crippen LogP contribution >= 0.6 is 11.9 Å². The molecule has 2 aromatic rings. The highest BCUT2D eigenvalue weighted by molar-refractivity contribution is 7.97. The van der Waals surface area contributed by atoms with E-state index >= 15 is 0 Å². The van der Waals surface area contributed by atoms with E-state index in [0.29, 0.717) is 6.42 Å². The van der Waals surface area contributed by atoms with E-state index in [0.717, 1.165) is 12.1 Å². The summed E-state index contributed by atoms with van der Waals surface area (Å²) in [5.74, 6) is 0.209. The van der Waals surface area contributed by atoms with Crippen molar-refractivity contribution in [2.45, 2.75) is 18.2 Å². The fourth-order valence-electron chi connectivity index (χ4n) is 2.15. The van der Waals surface area contributed by atoms with Crippen LogP contribution in [0.5, 0.6) is 0 Å². The molecular weight excluding hydrogens is 230 g/mol. The SMILES string of the molecule is CCN1Sc2cc3ccccc3cc2CC1=O. The minimum absolute atomic E-state index is 0.209. The minimum atomic E-state index is 0.209. The molecule has 3 heteroatoms. The Labute approximate surface area is 105 Å². The van der Waals surface area contributed by atoms with Crippen LogP contribution in [0, 0.1) is 0 Å². The van der Waals surface area contributed by atoms with Crippen LogP contribution in [-0.2, 0) is 11.2 Å². The van der Waals surface area contributed by atoms with Gasteiger partial charge in [-0.2, -0.15) is 0 Å². The molecular formula is C14H13NOS. The van der Waals surface area contributed by atoms with Crippen LogP contribution < -0.4 is 0 Å². The molecule has 3 rings (SSSR count). The monoisotopic (exact) mass is 243 g/mol. The summed E-state index contributed by atoms with van der Waals surface area (Å²) in [5, 5.41) is 2.45. The van der Waals surface area contributed by atoms with Crippen LogP contribution in [0.4, 0.5) is 0 Å². The van der Waals surface area contributed by atoms with Crippen LogP contribution in [0.25, 0.3) is 10.8 Å². The van der Waals surface area contributed by atoms with Gasteiger partial charge < -0.3 is 0 Å². The molecule has 0 aromatic heterocycles. The molecule has 1 amide bonds. The van der Waals surface area contributed by atoms with E-state index in [1.165, 1.54) is 15.7 Å². The summed E-state index contributed by atoms with van der Waals surface area (Å²) in [7, 11) is 0. The lowest BCUT2D eigenvalue weighted by molar-refractivity contribution is -0.125. The zero-order valence-corrected chi connectivity index (χ0v) is 10.5. The maximum atomic E-state index is 11.8. The van der Waals surface area contributed by atoms with Gasteiger partial charge in [-0.3, -0.25) is 9.10 Å². The molecule has 0 radical (unpaired) electrons. The van der Waals surface area contributed by atoms with Gasteiger partial charge in [-0.05, 0) is 47.3 Å². The number of rotatable bonds is 1. The van der Waals surface area contributed by atoms with Gasteiger partial charge in [0.15, 0.2) is 0 Å². The summed E-state index contributed by atoms with van der Waals surface area (Å²) in [6.07, 6.45) is 0.529. The van der Waals surface area contributed by atoms with E-state index in [1.807, 2.05) is 23.4 Å².